The van der Waals surface area contributed by atoms with Crippen LogP contribution in [0.3, 0.4) is 0 Å². The highest BCUT2D eigenvalue weighted by Crippen LogP contribution is 2.12. The molecule has 2 atom stereocenters. The molecule has 1 aliphatic rings. The van der Waals surface area contributed by atoms with Crippen molar-refractivity contribution >= 4 is 5.97 Å². The van der Waals surface area contributed by atoms with Crippen molar-refractivity contribution < 1.29 is 14.3 Å². The van der Waals surface area contributed by atoms with Gasteiger partial charge in [0.1, 0.15) is 0 Å². The summed E-state index contributed by atoms with van der Waals surface area (Å²) in [6, 6.07) is 10.3. The number of nitrogens with one attached hydrogen (secondary N) is 1. The molecule has 0 aliphatic carbocycles. The molecule has 0 unspecified atom stereocenters. The average molecular weight is 292 g/mol. The average Bonchev–Trinajstić information content (AvgIpc) is 2.74. The van der Waals surface area contributed by atoms with Crippen LogP contribution in [0.1, 0.15) is 12.0 Å². The van der Waals surface area contributed by atoms with Crippen molar-refractivity contribution in [1.29, 1.82) is 0 Å². The van der Waals surface area contributed by atoms with Gasteiger partial charge in [-0.05, 0) is 25.1 Å². The first-order valence-corrected chi connectivity index (χ1v) is 7.35. The maximum atomic E-state index is 11.8. The lowest BCUT2D eigenvalue weighted by Crippen LogP contribution is -2.50. The van der Waals surface area contributed by atoms with Crippen LogP contribution in [0.5, 0.6) is 0 Å². The van der Waals surface area contributed by atoms with Gasteiger partial charge in [-0.1, -0.05) is 30.3 Å². The summed E-state index contributed by atoms with van der Waals surface area (Å²) in [7, 11) is 2.95. The third kappa shape index (κ3) is 4.52. The van der Waals surface area contributed by atoms with E-state index < -0.39 is 6.10 Å². The summed E-state index contributed by atoms with van der Waals surface area (Å²) in [5.74, 6) is -0.323. The van der Waals surface area contributed by atoms with Crippen LogP contribution >= 0.6 is 0 Å². The summed E-state index contributed by atoms with van der Waals surface area (Å²) in [5.41, 5.74) is 1.28. The van der Waals surface area contributed by atoms with Crippen LogP contribution in [0.4, 0.5) is 0 Å². The van der Waals surface area contributed by atoms with Crippen LogP contribution in [0.2, 0.25) is 0 Å². The quantitative estimate of drug-likeness (QED) is 0.822. The first-order chi connectivity index (χ1) is 10.2. The van der Waals surface area contributed by atoms with Gasteiger partial charge in [0.15, 0.2) is 6.10 Å². The van der Waals surface area contributed by atoms with Crippen molar-refractivity contribution in [3.8, 4) is 0 Å². The second-order valence-electron chi connectivity index (χ2n) is 5.31. The van der Waals surface area contributed by atoms with E-state index >= 15 is 0 Å². The van der Waals surface area contributed by atoms with E-state index in [1.807, 2.05) is 6.07 Å². The second-order valence-corrected chi connectivity index (χ2v) is 5.31. The number of esters is 1. The zero-order valence-electron chi connectivity index (χ0n) is 12.7. The number of carbonyl (C=O) groups excluding carboxylic acids is 1. The normalized spacial score (nSPS) is 21.5. The Morgan fingerprint density at radius 2 is 2.14 bits per heavy atom. The molecular weight excluding hydrogens is 268 g/mol. The highest BCUT2D eigenvalue weighted by atomic mass is 16.6. The van der Waals surface area contributed by atoms with Crippen molar-refractivity contribution in [3.05, 3.63) is 35.9 Å². The van der Waals surface area contributed by atoms with Gasteiger partial charge in [-0.2, -0.15) is 0 Å². The third-order valence-corrected chi connectivity index (χ3v) is 3.81. The van der Waals surface area contributed by atoms with Gasteiger partial charge in [-0.15, -0.1) is 0 Å². The van der Waals surface area contributed by atoms with Gasteiger partial charge < -0.3 is 14.8 Å². The van der Waals surface area contributed by atoms with E-state index in [2.05, 4.69) is 34.5 Å². The van der Waals surface area contributed by atoms with Crippen molar-refractivity contribution in [1.82, 2.24) is 10.2 Å². The van der Waals surface area contributed by atoms with E-state index in [0.717, 1.165) is 32.6 Å². The Kier molecular flexibility index (Phi) is 6.17. The van der Waals surface area contributed by atoms with E-state index in [0.29, 0.717) is 0 Å². The van der Waals surface area contributed by atoms with E-state index in [1.165, 1.54) is 12.7 Å². The lowest BCUT2D eigenvalue weighted by atomic mass is 10.1. The Morgan fingerprint density at radius 1 is 1.38 bits per heavy atom. The second kappa shape index (κ2) is 8.12. The zero-order valence-corrected chi connectivity index (χ0v) is 12.7. The molecule has 0 amide bonds. The number of benzene rings is 1. The molecule has 5 nitrogen and oxygen atoms in total. The van der Waals surface area contributed by atoms with Crippen LogP contribution in [0.25, 0.3) is 0 Å². The first-order valence-electron chi connectivity index (χ1n) is 7.35. The van der Waals surface area contributed by atoms with Crippen LogP contribution in [0, 0.1) is 0 Å². The summed E-state index contributed by atoms with van der Waals surface area (Å²) < 4.78 is 10.2. The Bertz CT molecular complexity index is 438. The van der Waals surface area contributed by atoms with Crippen LogP contribution in [-0.4, -0.2) is 56.9 Å². The van der Waals surface area contributed by atoms with Crippen LogP contribution in [-0.2, 0) is 20.8 Å². The van der Waals surface area contributed by atoms with Crippen molar-refractivity contribution in [2.45, 2.75) is 25.1 Å². The summed E-state index contributed by atoms with van der Waals surface area (Å²) in [6.45, 7) is 3.54. The standard InChI is InChI=1S/C16H24N2O3/c1-20-15(16(19)21-2)14-12-18(10-6-9-17-14)11-13-7-4-3-5-8-13/h3-5,7-8,14-15,17H,6,9-12H2,1-2H3/t14-,15+/m0/s1. The number of rotatable bonds is 5. The van der Waals surface area contributed by atoms with Crippen molar-refractivity contribution in [2.75, 3.05) is 33.9 Å². The molecule has 1 aromatic carbocycles. The number of hydrogen-bond donors (Lipinski definition) is 1. The summed E-state index contributed by atoms with van der Waals surface area (Å²) in [5, 5.41) is 3.40. The highest BCUT2D eigenvalue weighted by Gasteiger charge is 2.31. The Hall–Kier alpha value is -1.43. The highest BCUT2D eigenvalue weighted by molar-refractivity contribution is 5.75. The smallest absolute Gasteiger partial charge is 0.336 e. The van der Waals surface area contributed by atoms with Crippen molar-refractivity contribution in [2.24, 2.45) is 0 Å². The molecule has 0 radical (unpaired) electrons. The molecule has 0 spiro atoms. The Morgan fingerprint density at radius 3 is 2.81 bits per heavy atom. The predicted molar refractivity (Wildman–Crippen MR) is 80.9 cm³/mol. The molecule has 21 heavy (non-hydrogen) atoms. The van der Waals surface area contributed by atoms with Crippen molar-refractivity contribution in [3.63, 3.8) is 0 Å². The fraction of sp³-hybridized carbons (Fsp3) is 0.562. The minimum Gasteiger partial charge on any atom is -0.467 e. The third-order valence-electron chi connectivity index (χ3n) is 3.81. The van der Waals surface area contributed by atoms with Gasteiger partial charge >= 0.3 is 5.97 Å². The number of carbonyl (C=O) groups is 1. The summed E-state index contributed by atoms with van der Waals surface area (Å²) >= 11 is 0. The minimum atomic E-state index is -0.564. The Balaban J connectivity index is 2.02. The minimum absolute atomic E-state index is 0.0475. The zero-order chi connectivity index (χ0) is 15.1. The fourth-order valence-corrected chi connectivity index (χ4v) is 2.75. The van der Waals surface area contributed by atoms with E-state index in [-0.39, 0.29) is 12.0 Å². The van der Waals surface area contributed by atoms with Crippen LogP contribution < -0.4 is 5.32 Å². The largest absolute Gasteiger partial charge is 0.467 e. The van der Waals surface area contributed by atoms with E-state index in [9.17, 15) is 4.79 Å². The lowest BCUT2D eigenvalue weighted by molar-refractivity contribution is -0.154. The molecule has 0 aromatic heterocycles. The lowest BCUT2D eigenvalue weighted by Gasteiger charge is -2.28. The molecule has 2 rings (SSSR count). The molecule has 0 saturated carbocycles. The summed E-state index contributed by atoms with van der Waals surface area (Å²) in [6.07, 6.45) is 0.493. The number of methoxy groups -OCH3 is 2. The molecule has 1 fully saturated rings. The van der Waals surface area contributed by atoms with Gasteiger partial charge in [0.25, 0.3) is 0 Å². The molecule has 1 aromatic rings. The molecule has 1 aliphatic heterocycles. The monoisotopic (exact) mass is 292 g/mol. The maximum Gasteiger partial charge on any atom is 0.336 e. The van der Waals surface area contributed by atoms with Gasteiger partial charge in [-0.3, -0.25) is 4.90 Å². The molecule has 1 saturated heterocycles. The molecule has 0 bridgehead atoms. The molecule has 1 N–H and O–H groups in total. The van der Waals surface area contributed by atoms with Gasteiger partial charge in [0.2, 0.25) is 0 Å². The SMILES string of the molecule is COC(=O)[C@H](OC)[C@@H]1CN(Cc2ccccc2)CCCN1. The number of hydrogen-bond acceptors (Lipinski definition) is 5. The predicted octanol–water partition coefficient (Wildman–Crippen LogP) is 1.04. The van der Waals surface area contributed by atoms with Gasteiger partial charge in [-0.25, -0.2) is 4.79 Å². The molecular formula is C16H24N2O3. The van der Waals surface area contributed by atoms with Gasteiger partial charge in [0.05, 0.1) is 13.2 Å². The Labute approximate surface area is 126 Å². The number of ether oxygens (including phenoxy) is 2. The molecule has 1 heterocycles. The van der Waals surface area contributed by atoms with Gasteiger partial charge in [0, 0.05) is 20.2 Å². The van der Waals surface area contributed by atoms with E-state index in [1.54, 1.807) is 7.11 Å². The molecule has 5 heteroatoms. The fourth-order valence-electron chi connectivity index (χ4n) is 2.75. The topological polar surface area (TPSA) is 50.8 Å². The first kappa shape index (κ1) is 15.9. The number of nitrogens with zero attached hydrogens (tertiary/aromatic N) is 1. The summed E-state index contributed by atoms with van der Waals surface area (Å²) in [4.78, 5) is 14.2. The van der Waals surface area contributed by atoms with E-state index in [4.69, 9.17) is 9.47 Å². The van der Waals surface area contributed by atoms with Crippen LogP contribution in [0.15, 0.2) is 30.3 Å². The maximum absolute atomic E-state index is 11.8. The molecule has 116 valence electrons.